The van der Waals surface area contributed by atoms with E-state index in [2.05, 4.69) is 15.1 Å². The Morgan fingerprint density at radius 3 is 2.48 bits per heavy atom. The molecule has 2 N–H and O–H groups in total. The Labute approximate surface area is 143 Å². The van der Waals surface area contributed by atoms with Crippen LogP contribution in [0.1, 0.15) is 41.6 Å². The molecule has 1 amide bonds. The number of carbonyl (C=O) groups is 1. The predicted molar refractivity (Wildman–Crippen MR) is 84.8 cm³/mol. The smallest absolute Gasteiger partial charge is 0.292 e. The van der Waals surface area contributed by atoms with Gasteiger partial charge in [0.1, 0.15) is 0 Å². The van der Waals surface area contributed by atoms with Crippen LogP contribution in [0, 0.1) is 0 Å². The Balaban J connectivity index is 0.00000264. The van der Waals surface area contributed by atoms with Crippen LogP contribution in [0.15, 0.2) is 29.3 Å². The highest BCUT2D eigenvalue weighted by molar-refractivity contribution is 6.24. The summed E-state index contributed by atoms with van der Waals surface area (Å²) in [6.07, 6.45) is -0.568. The van der Waals surface area contributed by atoms with Gasteiger partial charge in [-0.3, -0.25) is 14.9 Å². The highest BCUT2D eigenvalue weighted by Gasteiger charge is 2.31. The molecule has 0 spiro atoms. The van der Waals surface area contributed by atoms with Crippen molar-refractivity contribution in [3.63, 3.8) is 0 Å². The largest absolute Gasteiger partial charge is 0.416 e. The van der Waals surface area contributed by atoms with Gasteiger partial charge in [-0.15, -0.1) is 12.4 Å². The molecule has 0 unspecified atom stereocenters. The maximum absolute atomic E-state index is 12.6. The molecule has 1 aromatic rings. The zero-order valence-corrected chi connectivity index (χ0v) is 13.6. The number of halogens is 5. The monoisotopic (exact) mass is 369 g/mol. The molecule has 0 atom stereocenters. The molecule has 0 saturated heterocycles. The first-order chi connectivity index (χ1) is 10.4. The van der Waals surface area contributed by atoms with Gasteiger partial charge in [0.05, 0.1) is 11.6 Å². The average molecular weight is 370 g/mol. The van der Waals surface area contributed by atoms with Crippen molar-refractivity contribution in [2.75, 3.05) is 0 Å². The minimum Gasteiger partial charge on any atom is -0.292 e. The fourth-order valence-corrected chi connectivity index (χ4v) is 2.41. The zero-order chi connectivity index (χ0) is 16.2. The number of aliphatic imine (C=N–C) groups is 1. The van der Waals surface area contributed by atoms with Gasteiger partial charge in [-0.1, -0.05) is 18.9 Å². The first-order valence-electron chi connectivity index (χ1n) is 6.83. The molecule has 0 heterocycles. The lowest BCUT2D eigenvalue weighted by Gasteiger charge is -2.11. The maximum Gasteiger partial charge on any atom is 0.416 e. The number of nitrogens with one attached hydrogen (secondary N) is 2. The summed E-state index contributed by atoms with van der Waals surface area (Å²) in [5.41, 5.74) is -0.992. The molecule has 128 valence electrons. The first kappa shape index (κ1) is 19.6. The van der Waals surface area contributed by atoms with Crippen LogP contribution in [0.5, 0.6) is 0 Å². The van der Waals surface area contributed by atoms with E-state index in [4.69, 9.17) is 11.8 Å². The minimum absolute atomic E-state index is 0. The molecular formula is C14H16Cl2F3N3O. The van der Waals surface area contributed by atoms with Crippen molar-refractivity contribution in [1.29, 1.82) is 0 Å². The summed E-state index contributed by atoms with van der Waals surface area (Å²) in [6.45, 7) is 0. The number of rotatable bonds is 2. The van der Waals surface area contributed by atoms with Gasteiger partial charge < -0.3 is 0 Å². The Kier molecular flexibility index (Phi) is 7.15. The predicted octanol–water partition coefficient (Wildman–Crippen LogP) is 3.90. The third-order valence-corrected chi connectivity index (χ3v) is 3.59. The Morgan fingerprint density at radius 1 is 1.26 bits per heavy atom. The van der Waals surface area contributed by atoms with Gasteiger partial charge in [0.15, 0.2) is 0 Å². The molecule has 2 rings (SSSR count). The van der Waals surface area contributed by atoms with Crippen molar-refractivity contribution in [2.45, 2.75) is 37.9 Å². The summed E-state index contributed by atoms with van der Waals surface area (Å²) in [5.74, 6) is -0.646. The summed E-state index contributed by atoms with van der Waals surface area (Å²) in [5, 5.41) is 2.39. The maximum atomic E-state index is 12.6. The van der Waals surface area contributed by atoms with E-state index in [1.165, 1.54) is 12.1 Å². The second-order valence-electron chi connectivity index (χ2n) is 5.04. The fraction of sp³-hybridized carbons (Fsp3) is 0.429. The van der Waals surface area contributed by atoms with Crippen LogP contribution in [-0.4, -0.2) is 17.9 Å². The lowest BCUT2D eigenvalue weighted by molar-refractivity contribution is -0.137. The third kappa shape index (κ3) is 5.58. The molecule has 0 radical (unpaired) electrons. The number of carbonyl (C=O) groups excluding carboxylic acids is 1. The summed E-state index contributed by atoms with van der Waals surface area (Å²) >= 11 is 5.51. The van der Waals surface area contributed by atoms with E-state index in [0.717, 1.165) is 37.8 Å². The molecule has 1 saturated carbocycles. The van der Waals surface area contributed by atoms with Crippen molar-refractivity contribution < 1.29 is 18.0 Å². The Morgan fingerprint density at radius 2 is 1.91 bits per heavy atom. The second kappa shape index (κ2) is 8.40. The number of nitrogens with zero attached hydrogens (tertiary/aromatic N) is 1. The lowest BCUT2D eigenvalue weighted by Crippen LogP contribution is -2.38. The summed E-state index contributed by atoms with van der Waals surface area (Å²) in [7, 11) is 0. The fourth-order valence-electron chi connectivity index (χ4n) is 2.31. The average Bonchev–Trinajstić information content (AvgIpc) is 2.98. The number of hydrogen-bond acceptors (Lipinski definition) is 2. The van der Waals surface area contributed by atoms with Gasteiger partial charge in [0.2, 0.25) is 5.96 Å². The van der Waals surface area contributed by atoms with E-state index in [1.54, 1.807) is 0 Å². The molecule has 9 heteroatoms. The molecule has 23 heavy (non-hydrogen) atoms. The van der Waals surface area contributed by atoms with Gasteiger partial charge in [0, 0.05) is 17.3 Å². The zero-order valence-electron chi connectivity index (χ0n) is 12.0. The van der Waals surface area contributed by atoms with Crippen molar-refractivity contribution >= 4 is 36.1 Å². The van der Waals surface area contributed by atoms with Crippen molar-refractivity contribution in [3.05, 3.63) is 35.4 Å². The van der Waals surface area contributed by atoms with Crippen LogP contribution in [-0.2, 0) is 6.18 Å². The number of benzene rings is 1. The number of hydrogen-bond donors (Lipinski definition) is 2. The standard InChI is InChI=1S/C14H15ClF3N3O.ClH/c15-21-13(19-11-6-1-2-7-11)20-12(22)9-4-3-5-10(8-9)14(16,17)18;/h3-5,8,11H,1-2,6-7H2,(H2,19,20,21,22);1H. The van der Waals surface area contributed by atoms with Crippen LogP contribution in [0.25, 0.3) is 0 Å². The van der Waals surface area contributed by atoms with E-state index in [-0.39, 0.29) is 30.0 Å². The summed E-state index contributed by atoms with van der Waals surface area (Å²) in [6, 6.07) is 4.25. The molecule has 4 nitrogen and oxygen atoms in total. The van der Waals surface area contributed by atoms with Gasteiger partial charge in [0.25, 0.3) is 5.91 Å². The molecule has 1 aromatic carbocycles. The molecule has 1 fully saturated rings. The molecule has 1 aliphatic carbocycles. The Hall–Kier alpha value is -1.47. The van der Waals surface area contributed by atoms with Gasteiger partial charge in [-0.25, -0.2) is 4.99 Å². The summed E-state index contributed by atoms with van der Waals surface area (Å²) < 4.78 is 37.9. The van der Waals surface area contributed by atoms with Gasteiger partial charge >= 0.3 is 6.18 Å². The van der Waals surface area contributed by atoms with E-state index in [9.17, 15) is 18.0 Å². The van der Waals surface area contributed by atoms with E-state index < -0.39 is 17.6 Å². The highest BCUT2D eigenvalue weighted by Crippen LogP contribution is 2.29. The summed E-state index contributed by atoms with van der Waals surface area (Å²) in [4.78, 5) is 18.5. The van der Waals surface area contributed by atoms with Crippen LogP contribution < -0.4 is 10.2 Å². The topological polar surface area (TPSA) is 53.5 Å². The van der Waals surface area contributed by atoms with Crippen LogP contribution in [0.2, 0.25) is 0 Å². The molecular weight excluding hydrogens is 354 g/mol. The Bertz CT molecular complexity index is 573. The van der Waals surface area contributed by atoms with Crippen LogP contribution in [0.3, 0.4) is 0 Å². The number of alkyl halides is 3. The molecule has 0 aromatic heterocycles. The van der Waals surface area contributed by atoms with Crippen molar-refractivity contribution in [3.8, 4) is 0 Å². The van der Waals surface area contributed by atoms with Crippen LogP contribution >= 0.6 is 24.2 Å². The van der Waals surface area contributed by atoms with Crippen molar-refractivity contribution in [1.82, 2.24) is 10.2 Å². The van der Waals surface area contributed by atoms with E-state index >= 15 is 0 Å². The van der Waals surface area contributed by atoms with Gasteiger partial charge in [-0.05, 0) is 31.0 Å². The number of guanidine groups is 1. The van der Waals surface area contributed by atoms with E-state index in [0.29, 0.717) is 0 Å². The first-order valence-corrected chi connectivity index (χ1v) is 7.21. The highest BCUT2D eigenvalue weighted by atomic mass is 35.5. The molecule has 0 aliphatic heterocycles. The van der Waals surface area contributed by atoms with Crippen molar-refractivity contribution in [2.24, 2.45) is 4.99 Å². The molecule has 1 aliphatic rings. The lowest BCUT2D eigenvalue weighted by atomic mass is 10.1. The third-order valence-electron chi connectivity index (χ3n) is 3.41. The second-order valence-corrected chi connectivity index (χ2v) is 5.23. The van der Waals surface area contributed by atoms with Crippen LogP contribution in [0.4, 0.5) is 13.2 Å². The molecule has 0 bridgehead atoms. The number of amides is 1. The normalized spacial score (nSPS) is 15.9. The van der Waals surface area contributed by atoms with E-state index in [1.807, 2.05) is 0 Å². The quantitative estimate of drug-likeness (QED) is 0.471. The SMILES string of the molecule is Cl.O=C(NC(=NC1CCCC1)NCl)c1cccc(C(F)(F)F)c1. The minimum atomic E-state index is -4.50. The van der Waals surface area contributed by atoms with Gasteiger partial charge in [-0.2, -0.15) is 13.2 Å².